The van der Waals surface area contributed by atoms with Crippen LogP contribution in [0.25, 0.3) is 0 Å². The normalized spacial score (nSPS) is 13.4. The van der Waals surface area contributed by atoms with Crippen LogP contribution in [-0.2, 0) is 14.3 Å². The summed E-state index contributed by atoms with van der Waals surface area (Å²) in [4.78, 5) is 10.4. The maximum absolute atomic E-state index is 12.3. The Morgan fingerprint density at radius 1 is 1.50 bits per heavy atom. The Bertz CT molecular complexity index is 202. The fraction of sp³-hybridized carbons (Fsp3) is 0.571. The molecule has 0 aromatic rings. The van der Waals surface area contributed by atoms with Crippen LogP contribution in [-0.4, -0.2) is 25.3 Å². The Hall–Kier alpha value is -1.11. The maximum atomic E-state index is 12.3. The molecule has 1 atom stereocenters. The summed E-state index contributed by atoms with van der Waals surface area (Å²) in [6.07, 6.45) is -7.42. The minimum atomic E-state index is -5.03. The molecule has 3 nitrogen and oxygen atoms in total. The van der Waals surface area contributed by atoms with Gasteiger partial charge in [0.1, 0.15) is 0 Å². The van der Waals surface area contributed by atoms with Crippen molar-refractivity contribution in [2.75, 3.05) is 6.61 Å². The molecule has 0 bridgehead atoms. The zero-order valence-corrected chi connectivity index (χ0v) is 7.01. The lowest BCUT2D eigenvalue weighted by Crippen LogP contribution is -2.22. The predicted octanol–water partition coefficient (Wildman–Crippen LogP) is 1.94. The number of carbonyl (C=O) groups is 1. The minimum absolute atomic E-state index is 0.498. The topological polar surface area (TPSA) is 35.5 Å². The summed E-state index contributed by atoms with van der Waals surface area (Å²) in [5.41, 5.74) is 0. The van der Waals surface area contributed by atoms with Crippen molar-refractivity contribution >= 4 is 5.97 Å². The molecule has 0 rings (SSSR count). The van der Waals surface area contributed by atoms with E-state index in [2.05, 4.69) is 16.1 Å². The number of esters is 1. The molecule has 0 N–H and O–H groups in total. The van der Waals surface area contributed by atoms with Crippen LogP contribution < -0.4 is 0 Å². The Morgan fingerprint density at radius 3 is 2.50 bits per heavy atom. The van der Waals surface area contributed by atoms with Crippen molar-refractivity contribution in [2.24, 2.45) is 0 Å². The average molecular weight is 216 g/mol. The zero-order valence-electron chi connectivity index (χ0n) is 7.01. The summed E-state index contributed by atoms with van der Waals surface area (Å²) in [6, 6.07) is 0. The van der Waals surface area contributed by atoms with Gasteiger partial charge < -0.3 is 4.74 Å². The van der Waals surface area contributed by atoms with Crippen LogP contribution in [0.5, 0.6) is 0 Å². The number of rotatable bonds is 5. The standard InChI is InChI=1S/C7H8F4O3/c1-2-6(12)13-4-3-5(8)14-7(9,10)11/h2,5H,1,3-4H2. The number of ether oxygens (including phenoxy) is 2. The van der Waals surface area contributed by atoms with Gasteiger partial charge in [-0.2, -0.15) is 0 Å². The molecule has 1 unspecified atom stereocenters. The summed E-state index contributed by atoms with van der Waals surface area (Å²) in [7, 11) is 0. The van der Waals surface area contributed by atoms with Crippen molar-refractivity contribution in [3.05, 3.63) is 12.7 Å². The van der Waals surface area contributed by atoms with E-state index < -0.39 is 31.7 Å². The van der Waals surface area contributed by atoms with Crippen LogP contribution in [0, 0.1) is 0 Å². The molecule has 0 saturated carbocycles. The quantitative estimate of drug-likeness (QED) is 0.400. The van der Waals surface area contributed by atoms with Gasteiger partial charge in [0.05, 0.1) is 6.61 Å². The first kappa shape index (κ1) is 12.9. The number of hydrogen-bond donors (Lipinski definition) is 0. The Kier molecular flexibility index (Phi) is 5.14. The van der Waals surface area contributed by atoms with E-state index in [4.69, 9.17) is 0 Å². The van der Waals surface area contributed by atoms with Crippen LogP contribution in [0.15, 0.2) is 12.7 Å². The Balaban J connectivity index is 3.59. The van der Waals surface area contributed by atoms with E-state index in [0.29, 0.717) is 0 Å². The van der Waals surface area contributed by atoms with Crippen molar-refractivity contribution in [3.63, 3.8) is 0 Å². The molecule has 0 aromatic carbocycles. The lowest BCUT2D eigenvalue weighted by atomic mass is 10.4. The predicted molar refractivity (Wildman–Crippen MR) is 37.8 cm³/mol. The molecule has 0 spiro atoms. The van der Waals surface area contributed by atoms with Crippen molar-refractivity contribution in [1.29, 1.82) is 0 Å². The van der Waals surface area contributed by atoms with Gasteiger partial charge in [0.15, 0.2) is 0 Å². The van der Waals surface area contributed by atoms with Gasteiger partial charge in [0, 0.05) is 12.5 Å². The first-order valence-corrected chi connectivity index (χ1v) is 3.53. The fourth-order valence-corrected chi connectivity index (χ4v) is 0.515. The van der Waals surface area contributed by atoms with E-state index in [1.165, 1.54) is 0 Å². The molecule has 7 heteroatoms. The lowest BCUT2D eigenvalue weighted by Gasteiger charge is -2.11. The number of carbonyl (C=O) groups excluding carboxylic acids is 1. The molecule has 0 amide bonds. The highest BCUT2D eigenvalue weighted by Crippen LogP contribution is 2.20. The molecule has 0 aliphatic rings. The lowest BCUT2D eigenvalue weighted by molar-refractivity contribution is -0.361. The maximum Gasteiger partial charge on any atom is 0.525 e. The molecule has 0 aliphatic carbocycles. The number of hydrogen-bond acceptors (Lipinski definition) is 3. The molecule has 0 aliphatic heterocycles. The highest BCUT2D eigenvalue weighted by Gasteiger charge is 2.33. The second-order valence-electron chi connectivity index (χ2n) is 2.13. The highest BCUT2D eigenvalue weighted by molar-refractivity contribution is 5.81. The first-order chi connectivity index (χ1) is 6.35. The molecule has 14 heavy (non-hydrogen) atoms. The van der Waals surface area contributed by atoms with E-state index in [0.717, 1.165) is 6.08 Å². The Morgan fingerprint density at radius 2 is 2.07 bits per heavy atom. The van der Waals surface area contributed by atoms with Crippen molar-refractivity contribution in [1.82, 2.24) is 0 Å². The van der Waals surface area contributed by atoms with Gasteiger partial charge in [-0.25, -0.2) is 9.18 Å². The van der Waals surface area contributed by atoms with Gasteiger partial charge in [-0.15, -0.1) is 13.2 Å². The third kappa shape index (κ3) is 7.53. The molecule has 0 fully saturated rings. The van der Waals surface area contributed by atoms with Gasteiger partial charge in [0.25, 0.3) is 0 Å². The molecule has 0 heterocycles. The molecule has 0 radical (unpaired) electrons. The molecule has 0 aromatic heterocycles. The first-order valence-electron chi connectivity index (χ1n) is 3.53. The fourth-order valence-electron chi connectivity index (χ4n) is 0.515. The average Bonchev–Trinajstić information content (AvgIpc) is 2.00. The monoisotopic (exact) mass is 216 g/mol. The summed E-state index contributed by atoms with van der Waals surface area (Å²) >= 11 is 0. The molecular formula is C7H8F4O3. The van der Waals surface area contributed by atoms with Crippen LogP contribution in [0.2, 0.25) is 0 Å². The smallest absolute Gasteiger partial charge is 0.462 e. The van der Waals surface area contributed by atoms with E-state index in [9.17, 15) is 22.4 Å². The van der Waals surface area contributed by atoms with E-state index in [1.807, 2.05) is 0 Å². The number of halogens is 4. The summed E-state index contributed by atoms with van der Waals surface area (Å²) in [6.45, 7) is 2.54. The van der Waals surface area contributed by atoms with Crippen LogP contribution in [0.3, 0.4) is 0 Å². The van der Waals surface area contributed by atoms with Gasteiger partial charge >= 0.3 is 12.3 Å². The van der Waals surface area contributed by atoms with Gasteiger partial charge in [-0.05, 0) is 0 Å². The highest BCUT2D eigenvalue weighted by atomic mass is 19.4. The minimum Gasteiger partial charge on any atom is -0.462 e. The summed E-state index contributed by atoms with van der Waals surface area (Å²) in [5.74, 6) is -0.829. The van der Waals surface area contributed by atoms with Crippen molar-refractivity contribution < 1.29 is 31.8 Å². The zero-order chi connectivity index (χ0) is 11.2. The summed E-state index contributed by atoms with van der Waals surface area (Å²) in [5, 5.41) is 0. The SMILES string of the molecule is C=CC(=O)OCCC(F)OC(F)(F)F. The summed E-state index contributed by atoms with van der Waals surface area (Å²) < 4.78 is 53.6. The van der Waals surface area contributed by atoms with Crippen LogP contribution in [0.1, 0.15) is 6.42 Å². The molecule has 0 saturated heterocycles. The van der Waals surface area contributed by atoms with Gasteiger partial charge in [0.2, 0.25) is 6.36 Å². The third-order valence-corrected chi connectivity index (χ3v) is 1.02. The molecular weight excluding hydrogens is 208 g/mol. The number of alkyl halides is 4. The molecule has 82 valence electrons. The van der Waals surface area contributed by atoms with Crippen LogP contribution >= 0.6 is 0 Å². The Labute approximate surface area is 77.3 Å². The third-order valence-electron chi connectivity index (χ3n) is 1.02. The second-order valence-corrected chi connectivity index (χ2v) is 2.13. The van der Waals surface area contributed by atoms with Crippen molar-refractivity contribution in [2.45, 2.75) is 19.1 Å². The van der Waals surface area contributed by atoms with E-state index in [1.54, 1.807) is 0 Å². The largest absolute Gasteiger partial charge is 0.525 e. The van der Waals surface area contributed by atoms with Gasteiger partial charge in [-0.1, -0.05) is 6.58 Å². The van der Waals surface area contributed by atoms with Crippen LogP contribution in [0.4, 0.5) is 17.6 Å². The second kappa shape index (κ2) is 5.58. The van der Waals surface area contributed by atoms with E-state index >= 15 is 0 Å². The van der Waals surface area contributed by atoms with Gasteiger partial charge in [-0.3, -0.25) is 4.74 Å². The van der Waals surface area contributed by atoms with E-state index in [-0.39, 0.29) is 0 Å². The van der Waals surface area contributed by atoms with Crippen molar-refractivity contribution in [3.8, 4) is 0 Å².